The van der Waals surface area contributed by atoms with Crippen LogP contribution in [0, 0.1) is 0 Å². The van der Waals surface area contributed by atoms with Crippen molar-refractivity contribution in [3.05, 3.63) is 12.0 Å². The van der Waals surface area contributed by atoms with Gasteiger partial charge in [-0.15, -0.1) is 4.99 Å². The second kappa shape index (κ2) is 6.73. The molecule has 0 saturated heterocycles. The molecule has 0 aliphatic carbocycles. The summed E-state index contributed by atoms with van der Waals surface area (Å²) in [5, 5.41) is 5.08. The molecule has 2 aliphatic rings. The average molecular weight is 296 g/mol. The second-order valence-corrected chi connectivity index (χ2v) is 4.23. The Morgan fingerprint density at radius 1 is 1.57 bits per heavy atom. The van der Waals surface area contributed by atoms with Gasteiger partial charge in [-0.25, -0.2) is 4.79 Å². The smallest absolute Gasteiger partial charge is 0.345 e. The quantitative estimate of drug-likeness (QED) is 0.650. The lowest BCUT2D eigenvalue weighted by molar-refractivity contribution is -0.143. The largest absolute Gasteiger partial charge is 0.466 e. The van der Waals surface area contributed by atoms with Crippen LogP contribution in [-0.2, 0) is 19.1 Å². The Morgan fingerprint density at radius 3 is 3.14 bits per heavy atom. The van der Waals surface area contributed by atoms with Gasteiger partial charge in [-0.05, 0) is 6.92 Å². The predicted octanol–water partition coefficient (Wildman–Crippen LogP) is -0.691. The Labute approximate surface area is 121 Å². The van der Waals surface area contributed by atoms with Gasteiger partial charge >= 0.3 is 18.0 Å². The molecule has 0 bridgehead atoms. The fourth-order valence-corrected chi connectivity index (χ4v) is 1.74. The van der Waals surface area contributed by atoms with Gasteiger partial charge < -0.3 is 20.1 Å². The van der Waals surface area contributed by atoms with Crippen molar-refractivity contribution in [3.63, 3.8) is 0 Å². The molecule has 2 heterocycles. The van der Waals surface area contributed by atoms with Crippen LogP contribution in [-0.4, -0.2) is 55.1 Å². The van der Waals surface area contributed by atoms with Crippen LogP contribution in [0.4, 0.5) is 4.79 Å². The van der Waals surface area contributed by atoms with Crippen molar-refractivity contribution in [1.29, 1.82) is 0 Å². The summed E-state index contributed by atoms with van der Waals surface area (Å²) < 4.78 is 9.97. The van der Waals surface area contributed by atoms with Crippen LogP contribution < -0.4 is 10.6 Å². The Hall–Kier alpha value is -2.58. The molecule has 9 heteroatoms. The monoisotopic (exact) mass is 296 g/mol. The maximum Gasteiger partial charge on any atom is 0.345 e. The van der Waals surface area contributed by atoms with Gasteiger partial charge in [-0.2, -0.15) is 0 Å². The number of esters is 1. The van der Waals surface area contributed by atoms with E-state index in [9.17, 15) is 14.4 Å². The van der Waals surface area contributed by atoms with Crippen LogP contribution in [0.1, 0.15) is 13.3 Å². The second-order valence-electron chi connectivity index (χ2n) is 4.23. The van der Waals surface area contributed by atoms with E-state index in [0.717, 1.165) is 0 Å². The van der Waals surface area contributed by atoms with Crippen LogP contribution in [0.2, 0.25) is 0 Å². The van der Waals surface area contributed by atoms with E-state index < -0.39 is 11.9 Å². The van der Waals surface area contributed by atoms with Gasteiger partial charge in [-0.1, -0.05) is 0 Å². The predicted molar refractivity (Wildman–Crippen MR) is 71.0 cm³/mol. The molecule has 0 aromatic carbocycles. The third-order valence-electron chi connectivity index (χ3n) is 2.69. The number of fused-ring (bicyclic) bond motifs is 1. The summed E-state index contributed by atoms with van der Waals surface area (Å²) in [7, 11) is 0. The van der Waals surface area contributed by atoms with Crippen molar-refractivity contribution >= 4 is 23.9 Å². The van der Waals surface area contributed by atoms with Gasteiger partial charge in [-0.3, -0.25) is 14.5 Å². The van der Waals surface area contributed by atoms with E-state index >= 15 is 0 Å². The SMILES string of the molecule is CCOC(=O)CCNC(=O)C1=CN2CCNC(=O)N=C2O1. The first-order chi connectivity index (χ1) is 10.1. The molecule has 0 saturated carbocycles. The van der Waals surface area contributed by atoms with Gasteiger partial charge in [0.05, 0.1) is 19.2 Å². The van der Waals surface area contributed by atoms with Crippen molar-refractivity contribution < 1.29 is 23.9 Å². The number of carbonyl (C=O) groups excluding carboxylic acids is 3. The first-order valence-corrected chi connectivity index (χ1v) is 6.57. The number of hydrogen-bond acceptors (Lipinski definition) is 6. The van der Waals surface area contributed by atoms with Crippen molar-refractivity contribution in [2.24, 2.45) is 4.99 Å². The van der Waals surface area contributed by atoms with Gasteiger partial charge in [0, 0.05) is 19.6 Å². The number of amides is 3. The maximum atomic E-state index is 11.9. The summed E-state index contributed by atoms with van der Waals surface area (Å²) in [6, 6.07) is -0.439. The minimum absolute atomic E-state index is 0.0345. The zero-order chi connectivity index (χ0) is 15.2. The summed E-state index contributed by atoms with van der Waals surface area (Å²) in [5.74, 6) is -0.822. The Balaban J connectivity index is 1.84. The molecule has 2 N–H and O–H groups in total. The zero-order valence-corrected chi connectivity index (χ0v) is 11.5. The van der Waals surface area contributed by atoms with E-state index in [2.05, 4.69) is 15.6 Å². The van der Waals surface area contributed by atoms with E-state index in [1.165, 1.54) is 6.20 Å². The third kappa shape index (κ3) is 3.94. The van der Waals surface area contributed by atoms with E-state index in [1.54, 1.807) is 11.8 Å². The molecule has 0 fully saturated rings. The number of rotatable bonds is 5. The summed E-state index contributed by atoms with van der Waals surface area (Å²) in [6.07, 6.45) is 1.55. The molecule has 3 amide bonds. The molecule has 0 unspecified atom stereocenters. The summed E-state index contributed by atoms with van der Waals surface area (Å²) >= 11 is 0. The standard InChI is InChI=1S/C12H16N4O5/c1-2-20-9(17)3-4-13-10(18)8-7-16-6-5-14-11(19)15-12(16)21-8/h7H,2-6H2,1H3,(H,13,18)(H,14,19). The number of hydrogen-bond donors (Lipinski definition) is 2. The Morgan fingerprint density at radius 2 is 2.38 bits per heavy atom. The molecule has 21 heavy (non-hydrogen) atoms. The van der Waals surface area contributed by atoms with E-state index in [1.807, 2.05) is 0 Å². The van der Waals surface area contributed by atoms with Gasteiger partial charge in [0.1, 0.15) is 0 Å². The van der Waals surface area contributed by atoms with Crippen molar-refractivity contribution in [2.75, 3.05) is 26.2 Å². The highest BCUT2D eigenvalue weighted by Crippen LogP contribution is 2.15. The number of nitrogens with zero attached hydrogens (tertiary/aromatic N) is 2. The molecule has 0 aromatic rings. The van der Waals surface area contributed by atoms with Crippen LogP contribution in [0.15, 0.2) is 17.0 Å². The minimum Gasteiger partial charge on any atom is -0.466 e. The highest BCUT2D eigenvalue weighted by molar-refractivity contribution is 6.00. The lowest BCUT2D eigenvalue weighted by Crippen LogP contribution is -2.28. The first-order valence-electron chi connectivity index (χ1n) is 6.57. The molecule has 9 nitrogen and oxygen atoms in total. The molecule has 0 atom stereocenters. The minimum atomic E-state index is -0.509. The molecular weight excluding hydrogens is 280 g/mol. The van der Waals surface area contributed by atoms with Gasteiger partial charge in [0.15, 0.2) is 0 Å². The molecular formula is C12H16N4O5. The maximum absolute atomic E-state index is 11.9. The zero-order valence-electron chi connectivity index (χ0n) is 11.5. The van der Waals surface area contributed by atoms with Crippen molar-refractivity contribution in [2.45, 2.75) is 13.3 Å². The normalized spacial score (nSPS) is 16.8. The first kappa shape index (κ1) is 14.8. The fraction of sp³-hybridized carbons (Fsp3) is 0.500. The number of urea groups is 1. The highest BCUT2D eigenvalue weighted by Gasteiger charge is 2.28. The van der Waals surface area contributed by atoms with Gasteiger partial charge in [0.25, 0.3) is 5.91 Å². The van der Waals surface area contributed by atoms with Gasteiger partial charge in [0.2, 0.25) is 5.76 Å². The highest BCUT2D eigenvalue weighted by atomic mass is 16.5. The molecule has 114 valence electrons. The molecule has 2 aliphatic heterocycles. The topological polar surface area (TPSA) is 109 Å². The average Bonchev–Trinajstić information content (AvgIpc) is 2.74. The summed E-state index contributed by atoms with van der Waals surface area (Å²) in [4.78, 5) is 39.5. The number of ether oxygens (including phenoxy) is 2. The van der Waals surface area contributed by atoms with E-state index in [4.69, 9.17) is 9.47 Å². The molecule has 2 rings (SSSR count). The Kier molecular flexibility index (Phi) is 4.75. The van der Waals surface area contributed by atoms with Crippen LogP contribution >= 0.6 is 0 Å². The summed E-state index contributed by atoms with van der Waals surface area (Å²) in [5.41, 5.74) is 0. The van der Waals surface area contributed by atoms with E-state index in [0.29, 0.717) is 19.7 Å². The van der Waals surface area contributed by atoms with Crippen molar-refractivity contribution in [1.82, 2.24) is 15.5 Å². The molecule has 0 spiro atoms. The summed E-state index contributed by atoms with van der Waals surface area (Å²) in [6.45, 7) is 3.03. The lowest BCUT2D eigenvalue weighted by atomic mass is 10.4. The van der Waals surface area contributed by atoms with Crippen LogP contribution in [0.25, 0.3) is 0 Å². The lowest BCUT2D eigenvalue weighted by Gasteiger charge is -2.09. The number of aliphatic imine (C=N–C) groups is 1. The number of nitrogens with one attached hydrogen (secondary N) is 2. The molecule has 0 aromatic heterocycles. The number of carbonyl (C=O) groups is 3. The van der Waals surface area contributed by atoms with E-state index in [-0.39, 0.29) is 30.7 Å². The van der Waals surface area contributed by atoms with Crippen LogP contribution in [0.5, 0.6) is 0 Å². The van der Waals surface area contributed by atoms with Crippen LogP contribution in [0.3, 0.4) is 0 Å². The molecule has 0 radical (unpaired) electrons. The van der Waals surface area contributed by atoms with Crippen molar-refractivity contribution in [3.8, 4) is 0 Å². The fourth-order valence-electron chi connectivity index (χ4n) is 1.74. The Bertz CT molecular complexity index is 514. The third-order valence-corrected chi connectivity index (χ3v) is 2.69. The number of amidine groups is 1.